The summed E-state index contributed by atoms with van der Waals surface area (Å²) in [5.41, 5.74) is -0.130. The molecule has 0 aliphatic rings. The van der Waals surface area contributed by atoms with E-state index in [0.717, 1.165) is 0 Å². The van der Waals surface area contributed by atoms with Gasteiger partial charge in [0.2, 0.25) is 0 Å². The monoisotopic (exact) mass is 243 g/mol. The third kappa shape index (κ3) is 3.17. The molecule has 0 bridgehead atoms. The number of benzene rings is 1. The predicted molar refractivity (Wildman–Crippen MR) is 53.4 cm³/mol. The summed E-state index contributed by atoms with van der Waals surface area (Å²) in [6.45, 7) is -0.720. The Morgan fingerprint density at radius 2 is 1.94 bits per heavy atom. The molecule has 0 aromatic heterocycles. The van der Waals surface area contributed by atoms with Crippen molar-refractivity contribution in [3.05, 3.63) is 40.8 Å². The Bertz CT molecular complexity index is 413. The number of nitriles is 1. The van der Waals surface area contributed by atoms with Gasteiger partial charge in [0.15, 0.2) is 6.04 Å². The van der Waals surface area contributed by atoms with Crippen molar-refractivity contribution in [2.45, 2.75) is 12.2 Å². The molecule has 1 atom stereocenters. The molecule has 0 radical (unpaired) electrons. The van der Waals surface area contributed by atoms with Gasteiger partial charge in [-0.1, -0.05) is 30.3 Å². The number of rotatable bonds is 4. The lowest BCUT2D eigenvalue weighted by Crippen LogP contribution is -2.35. The van der Waals surface area contributed by atoms with Crippen LogP contribution in [0.5, 0.6) is 0 Å². The maximum absolute atomic E-state index is 12.8. The van der Waals surface area contributed by atoms with Gasteiger partial charge in [-0.05, 0) is 5.56 Å². The lowest BCUT2D eigenvalue weighted by atomic mass is 10.1. The summed E-state index contributed by atoms with van der Waals surface area (Å²) in [5.74, 6) is 0. The Hall–Kier alpha value is -2.10. The topological polar surface area (TPSA) is 56.5 Å². The first kappa shape index (κ1) is 13.0. The van der Waals surface area contributed by atoms with E-state index in [4.69, 9.17) is 5.26 Å². The minimum atomic E-state index is -4.67. The van der Waals surface area contributed by atoms with Gasteiger partial charge in [-0.2, -0.15) is 18.4 Å². The van der Waals surface area contributed by atoms with Crippen LogP contribution in [0.25, 0.3) is 0 Å². The van der Waals surface area contributed by atoms with Crippen LogP contribution in [0.1, 0.15) is 11.6 Å². The van der Waals surface area contributed by atoms with Crippen molar-refractivity contribution >= 4 is 0 Å². The molecular formula is C10H8F3N3O. The SMILES string of the molecule is N#CCN(N=O)C(c1ccccc1)C(F)(F)F. The molecule has 1 aromatic rings. The molecule has 1 aromatic carbocycles. The zero-order valence-electron chi connectivity index (χ0n) is 8.55. The lowest BCUT2D eigenvalue weighted by Gasteiger charge is -2.26. The second kappa shape index (κ2) is 5.30. The Morgan fingerprint density at radius 1 is 1.35 bits per heavy atom. The van der Waals surface area contributed by atoms with Gasteiger partial charge in [0.1, 0.15) is 6.54 Å². The van der Waals surface area contributed by atoms with Gasteiger partial charge < -0.3 is 0 Å². The molecule has 1 rings (SSSR count). The quantitative estimate of drug-likeness (QED) is 0.464. The Labute approximate surface area is 95.2 Å². The Kier molecular flexibility index (Phi) is 4.04. The molecule has 0 heterocycles. The fraction of sp³-hybridized carbons (Fsp3) is 0.300. The van der Waals surface area contributed by atoms with E-state index in [1.165, 1.54) is 30.3 Å². The molecule has 4 nitrogen and oxygen atoms in total. The van der Waals surface area contributed by atoms with Gasteiger partial charge >= 0.3 is 6.18 Å². The van der Waals surface area contributed by atoms with Gasteiger partial charge in [0.05, 0.1) is 11.4 Å². The highest BCUT2D eigenvalue weighted by Crippen LogP contribution is 2.37. The Balaban J connectivity index is 3.13. The van der Waals surface area contributed by atoms with E-state index in [9.17, 15) is 18.1 Å². The number of hydrogen-bond acceptors (Lipinski definition) is 3. The fourth-order valence-corrected chi connectivity index (χ4v) is 1.41. The predicted octanol–water partition coefficient (Wildman–Crippen LogP) is 2.80. The second-order valence-electron chi connectivity index (χ2n) is 3.19. The van der Waals surface area contributed by atoms with Gasteiger partial charge in [0, 0.05) is 0 Å². The number of nitroso groups, excluding NO2 is 1. The van der Waals surface area contributed by atoms with Crippen molar-refractivity contribution in [2.24, 2.45) is 5.29 Å². The largest absolute Gasteiger partial charge is 0.414 e. The highest BCUT2D eigenvalue weighted by atomic mass is 19.4. The summed E-state index contributed by atoms with van der Waals surface area (Å²) in [6, 6.07) is 6.13. The molecule has 0 aliphatic heterocycles. The molecule has 90 valence electrons. The van der Waals surface area contributed by atoms with E-state index in [0.29, 0.717) is 0 Å². The van der Waals surface area contributed by atoms with Crippen LogP contribution in [0.3, 0.4) is 0 Å². The van der Waals surface area contributed by atoms with E-state index < -0.39 is 18.8 Å². The van der Waals surface area contributed by atoms with Crippen LogP contribution in [0, 0.1) is 16.2 Å². The highest BCUT2D eigenvalue weighted by Gasteiger charge is 2.45. The zero-order valence-corrected chi connectivity index (χ0v) is 8.55. The van der Waals surface area contributed by atoms with E-state index in [1.54, 1.807) is 6.07 Å². The molecule has 17 heavy (non-hydrogen) atoms. The zero-order chi connectivity index (χ0) is 12.9. The number of alkyl halides is 3. The van der Waals surface area contributed by atoms with Crippen molar-refractivity contribution in [1.82, 2.24) is 5.01 Å². The van der Waals surface area contributed by atoms with Crippen LogP contribution in [-0.2, 0) is 0 Å². The molecule has 0 aliphatic carbocycles. The molecule has 0 spiro atoms. The minimum Gasteiger partial charge on any atom is -0.230 e. The average molecular weight is 243 g/mol. The standard InChI is InChI=1S/C10H8F3N3O/c11-10(12,13)9(16(15-17)7-6-14)8-4-2-1-3-5-8/h1-5,9H,7H2. The van der Waals surface area contributed by atoms with Crippen LogP contribution < -0.4 is 0 Å². The third-order valence-electron chi connectivity index (χ3n) is 2.06. The van der Waals surface area contributed by atoms with Crippen molar-refractivity contribution in [2.75, 3.05) is 6.54 Å². The number of nitrogens with zero attached hydrogens (tertiary/aromatic N) is 3. The molecule has 0 saturated carbocycles. The molecule has 7 heteroatoms. The average Bonchev–Trinajstić information content (AvgIpc) is 2.28. The lowest BCUT2D eigenvalue weighted by molar-refractivity contribution is -0.185. The number of hydrogen-bond donors (Lipinski definition) is 0. The van der Waals surface area contributed by atoms with E-state index in [2.05, 4.69) is 5.29 Å². The maximum atomic E-state index is 12.8. The van der Waals surface area contributed by atoms with Gasteiger partial charge in [0.25, 0.3) is 0 Å². The van der Waals surface area contributed by atoms with E-state index in [1.807, 2.05) is 0 Å². The van der Waals surface area contributed by atoms with Gasteiger partial charge in [-0.25, -0.2) is 5.01 Å². The first-order chi connectivity index (χ1) is 8.00. The fourth-order valence-electron chi connectivity index (χ4n) is 1.41. The van der Waals surface area contributed by atoms with Crippen LogP contribution in [0.4, 0.5) is 13.2 Å². The van der Waals surface area contributed by atoms with Gasteiger partial charge in [-0.3, -0.25) is 0 Å². The van der Waals surface area contributed by atoms with Crippen LogP contribution in [-0.4, -0.2) is 17.7 Å². The summed E-state index contributed by atoms with van der Waals surface area (Å²) in [7, 11) is 0. The van der Waals surface area contributed by atoms with Crippen molar-refractivity contribution < 1.29 is 13.2 Å². The Morgan fingerprint density at radius 3 is 2.35 bits per heavy atom. The van der Waals surface area contributed by atoms with E-state index >= 15 is 0 Å². The summed E-state index contributed by atoms with van der Waals surface area (Å²) in [6.07, 6.45) is -4.67. The smallest absolute Gasteiger partial charge is 0.230 e. The molecular weight excluding hydrogens is 235 g/mol. The summed E-state index contributed by atoms with van der Waals surface area (Å²) in [4.78, 5) is 10.4. The minimum absolute atomic E-state index is 0.130. The van der Waals surface area contributed by atoms with Crippen molar-refractivity contribution in [3.8, 4) is 6.07 Å². The highest BCUT2D eigenvalue weighted by molar-refractivity contribution is 5.20. The molecule has 0 saturated heterocycles. The third-order valence-corrected chi connectivity index (χ3v) is 2.06. The second-order valence-corrected chi connectivity index (χ2v) is 3.19. The van der Waals surface area contributed by atoms with Crippen LogP contribution in [0.15, 0.2) is 35.6 Å². The number of halogens is 3. The molecule has 0 amide bonds. The molecule has 0 N–H and O–H groups in total. The van der Waals surface area contributed by atoms with Gasteiger partial charge in [-0.15, -0.1) is 4.91 Å². The summed E-state index contributed by atoms with van der Waals surface area (Å²) >= 11 is 0. The summed E-state index contributed by atoms with van der Waals surface area (Å²) in [5, 5.41) is 10.8. The first-order valence-electron chi connectivity index (χ1n) is 4.59. The molecule has 0 fully saturated rings. The molecule has 1 unspecified atom stereocenters. The summed E-state index contributed by atoms with van der Waals surface area (Å²) < 4.78 is 38.4. The van der Waals surface area contributed by atoms with Crippen molar-refractivity contribution in [1.29, 1.82) is 5.26 Å². The van der Waals surface area contributed by atoms with Crippen molar-refractivity contribution in [3.63, 3.8) is 0 Å². The van der Waals surface area contributed by atoms with E-state index in [-0.39, 0.29) is 10.6 Å². The van der Waals surface area contributed by atoms with Crippen LogP contribution in [0.2, 0.25) is 0 Å². The normalized spacial score (nSPS) is 12.6. The maximum Gasteiger partial charge on any atom is 0.414 e. The first-order valence-corrected chi connectivity index (χ1v) is 4.59. The van der Waals surface area contributed by atoms with Crippen LogP contribution >= 0.6 is 0 Å².